The number of amides is 1. The van der Waals surface area contributed by atoms with Gasteiger partial charge in [-0.2, -0.15) is 0 Å². The van der Waals surface area contributed by atoms with Crippen LogP contribution in [0.25, 0.3) is 0 Å². The minimum absolute atomic E-state index is 0.144. The van der Waals surface area contributed by atoms with Crippen LogP contribution in [0.2, 0.25) is 0 Å². The molecule has 0 aliphatic carbocycles. The fourth-order valence-corrected chi connectivity index (χ4v) is 4.59. The number of methoxy groups -OCH3 is 1. The van der Waals surface area contributed by atoms with E-state index in [1.807, 2.05) is 24.0 Å². The van der Waals surface area contributed by atoms with Crippen molar-refractivity contribution in [2.24, 2.45) is 5.92 Å². The highest BCUT2D eigenvalue weighted by molar-refractivity contribution is 7.73. The molecule has 4 nitrogen and oxygen atoms in total. The number of hydrogen-bond acceptors (Lipinski definition) is 4. The summed E-state index contributed by atoms with van der Waals surface area (Å²) in [4.78, 5) is 19.1. The van der Waals surface area contributed by atoms with Crippen molar-refractivity contribution in [3.63, 3.8) is 0 Å². The van der Waals surface area contributed by atoms with E-state index in [2.05, 4.69) is 24.0 Å². The topological polar surface area (TPSA) is 45.3 Å². The second kappa shape index (κ2) is 7.07. The maximum absolute atomic E-state index is 12.9. The van der Waals surface area contributed by atoms with E-state index in [4.69, 9.17) is 17.0 Å². The number of H-pyrrole nitrogens is 1. The lowest BCUT2D eigenvalue weighted by atomic mass is 10.0. The maximum atomic E-state index is 12.9. The number of hydrogen-bond donors (Lipinski definition) is 1. The van der Waals surface area contributed by atoms with Crippen LogP contribution in [-0.4, -0.2) is 29.4 Å². The molecule has 2 heterocycles. The molecule has 1 aromatic carbocycles. The van der Waals surface area contributed by atoms with Crippen LogP contribution in [0.15, 0.2) is 24.3 Å². The van der Waals surface area contributed by atoms with E-state index >= 15 is 0 Å². The third-order valence-electron chi connectivity index (χ3n) is 4.57. The Morgan fingerprint density at radius 2 is 2.12 bits per heavy atom. The molecule has 0 radical (unpaired) electrons. The number of aryl methyl sites for hydroxylation is 1. The van der Waals surface area contributed by atoms with E-state index in [-0.39, 0.29) is 11.9 Å². The molecule has 2 aromatic rings. The van der Waals surface area contributed by atoms with Crippen LogP contribution in [0, 0.1) is 16.8 Å². The zero-order valence-electron chi connectivity index (χ0n) is 14.2. The van der Waals surface area contributed by atoms with Crippen molar-refractivity contribution in [2.45, 2.75) is 32.7 Å². The third kappa shape index (κ3) is 3.54. The Labute approximate surface area is 151 Å². The van der Waals surface area contributed by atoms with Crippen LogP contribution < -0.4 is 4.74 Å². The molecule has 2 atom stereocenters. The average molecular weight is 363 g/mol. The number of nitrogens with one attached hydrogen (secondary N) is 1. The summed E-state index contributed by atoms with van der Waals surface area (Å²) in [5.74, 6) is 1.52. The molecule has 128 valence electrons. The number of aromatic amines is 1. The second-order valence-corrected chi connectivity index (χ2v) is 8.19. The van der Waals surface area contributed by atoms with Gasteiger partial charge in [-0.3, -0.25) is 4.79 Å². The number of carbonyl (C=O) groups is 1. The zero-order valence-corrected chi connectivity index (χ0v) is 15.8. The molecule has 24 heavy (non-hydrogen) atoms. The van der Waals surface area contributed by atoms with Crippen molar-refractivity contribution in [3.05, 3.63) is 44.4 Å². The Kier molecular flexibility index (Phi) is 5.06. The van der Waals surface area contributed by atoms with E-state index in [1.54, 1.807) is 7.11 Å². The highest BCUT2D eigenvalue weighted by Gasteiger charge is 2.34. The first-order valence-corrected chi connectivity index (χ1v) is 9.32. The molecule has 1 N–H and O–H groups in total. The highest BCUT2D eigenvalue weighted by atomic mass is 32.1. The number of aromatic nitrogens is 1. The normalized spacial score (nSPS) is 20.4. The highest BCUT2D eigenvalue weighted by Crippen LogP contribution is 2.36. The molecular weight excluding hydrogens is 340 g/mol. The maximum Gasteiger partial charge on any atom is 0.228 e. The summed E-state index contributed by atoms with van der Waals surface area (Å²) in [7, 11) is 1.66. The van der Waals surface area contributed by atoms with Gasteiger partial charge < -0.3 is 14.6 Å². The first-order chi connectivity index (χ1) is 11.5. The molecule has 1 fully saturated rings. The molecule has 3 rings (SSSR count). The van der Waals surface area contributed by atoms with Crippen molar-refractivity contribution < 1.29 is 9.53 Å². The van der Waals surface area contributed by atoms with Gasteiger partial charge in [-0.1, -0.05) is 19.1 Å². The molecule has 1 aromatic heterocycles. The van der Waals surface area contributed by atoms with Crippen molar-refractivity contribution in [1.29, 1.82) is 0 Å². The van der Waals surface area contributed by atoms with Crippen molar-refractivity contribution in [2.75, 3.05) is 13.7 Å². The van der Waals surface area contributed by atoms with Crippen LogP contribution in [0.3, 0.4) is 0 Å². The van der Waals surface area contributed by atoms with Gasteiger partial charge in [0, 0.05) is 17.1 Å². The van der Waals surface area contributed by atoms with Gasteiger partial charge in [0.15, 0.2) is 3.95 Å². The predicted molar refractivity (Wildman–Crippen MR) is 99.2 cm³/mol. The number of carbonyl (C=O) groups excluding carboxylic acids is 1. The third-order valence-corrected chi connectivity index (χ3v) is 5.90. The lowest BCUT2D eigenvalue weighted by Crippen LogP contribution is -2.32. The van der Waals surface area contributed by atoms with Crippen molar-refractivity contribution in [1.82, 2.24) is 9.88 Å². The van der Waals surface area contributed by atoms with Crippen molar-refractivity contribution in [3.8, 4) is 5.75 Å². The molecule has 0 spiro atoms. The van der Waals surface area contributed by atoms with E-state index in [9.17, 15) is 4.79 Å². The Hall–Kier alpha value is -1.66. The van der Waals surface area contributed by atoms with Gasteiger partial charge in [0.25, 0.3) is 0 Å². The summed E-state index contributed by atoms with van der Waals surface area (Å²) in [6.07, 6.45) is 1.42. The zero-order chi connectivity index (χ0) is 17.3. The van der Waals surface area contributed by atoms with Crippen LogP contribution in [0.4, 0.5) is 0 Å². The Bertz CT molecular complexity index is 779. The fraction of sp³-hybridized carbons (Fsp3) is 0.444. The summed E-state index contributed by atoms with van der Waals surface area (Å²) in [6, 6.07) is 8.19. The predicted octanol–water partition coefficient (Wildman–Crippen LogP) is 4.27. The standard InChI is InChI=1S/C18H22N2O2S2/c1-11-8-15(13-4-6-14(22-3)7-5-13)20(10-11)17(21)9-16-12(2)19-18(23)24-16/h4-7,11,15H,8-10H2,1-3H3,(H,19,23). The minimum Gasteiger partial charge on any atom is -0.497 e. The SMILES string of the molecule is COc1ccc(C2CC(C)CN2C(=O)Cc2sc(=S)[nH]c2C)cc1. The summed E-state index contributed by atoms with van der Waals surface area (Å²) in [6.45, 7) is 4.99. The Balaban J connectivity index is 1.80. The van der Waals surface area contributed by atoms with E-state index < -0.39 is 0 Å². The van der Waals surface area contributed by atoms with Gasteiger partial charge in [0.2, 0.25) is 5.91 Å². The van der Waals surface area contributed by atoms with Gasteiger partial charge in [0.05, 0.1) is 19.6 Å². The van der Waals surface area contributed by atoms with Gasteiger partial charge in [-0.05, 0) is 49.2 Å². The first kappa shape index (κ1) is 17.2. The van der Waals surface area contributed by atoms with Crippen LogP contribution in [0.5, 0.6) is 5.75 Å². The molecular formula is C18H22N2O2S2. The first-order valence-electron chi connectivity index (χ1n) is 8.10. The van der Waals surface area contributed by atoms with Crippen LogP contribution >= 0.6 is 23.6 Å². The molecule has 2 unspecified atom stereocenters. The number of benzene rings is 1. The smallest absolute Gasteiger partial charge is 0.228 e. The minimum atomic E-state index is 0.144. The van der Waals surface area contributed by atoms with Crippen molar-refractivity contribution >= 4 is 29.5 Å². The monoisotopic (exact) mass is 362 g/mol. The average Bonchev–Trinajstić information content (AvgIpc) is 3.10. The molecule has 6 heteroatoms. The largest absolute Gasteiger partial charge is 0.497 e. The number of likely N-dealkylation sites (tertiary alicyclic amines) is 1. The molecule has 1 aliphatic heterocycles. The number of rotatable bonds is 4. The van der Waals surface area contributed by atoms with Gasteiger partial charge in [-0.15, -0.1) is 11.3 Å². The van der Waals surface area contributed by atoms with Gasteiger partial charge in [-0.25, -0.2) is 0 Å². The van der Waals surface area contributed by atoms with Gasteiger partial charge >= 0.3 is 0 Å². The molecule has 1 saturated heterocycles. The molecule has 1 aliphatic rings. The van der Waals surface area contributed by atoms with Crippen LogP contribution in [0.1, 0.15) is 35.5 Å². The van der Waals surface area contributed by atoms with Crippen LogP contribution in [-0.2, 0) is 11.2 Å². The summed E-state index contributed by atoms with van der Waals surface area (Å²) in [5.41, 5.74) is 2.18. The lowest BCUT2D eigenvalue weighted by Gasteiger charge is -2.25. The van der Waals surface area contributed by atoms with E-state index in [0.29, 0.717) is 12.3 Å². The molecule has 0 saturated carbocycles. The number of thiazole rings is 1. The van der Waals surface area contributed by atoms with Gasteiger partial charge in [0.1, 0.15) is 5.75 Å². The Morgan fingerprint density at radius 1 is 1.42 bits per heavy atom. The summed E-state index contributed by atoms with van der Waals surface area (Å²) >= 11 is 6.68. The second-order valence-electron chi connectivity index (χ2n) is 6.42. The fourth-order valence-electron chi connectivity index (χ4n) is 3.31. The quantitative estimate of drug-likeness (QED) is 0.826. The Morgan fingerprint density at radius 3 is 2.71 bits per heavy atom. The van der Waals surface area contributed by atoms with E-state index in [0.717, 1.165) is 33.2 Å². The summed E-state index contributed by atoms with van der Waals surface area (Å²) in [5, 5.41) is 0. The van der Waals surface area contributed by atoms with E-state index in [1.165, 1.54) is 16.9 Å². The number of ether oxygens (including phenoxy) is 1. The summed E-state index contributed by atoms with van der Waals surface area (Å²) < 4.78 is 5.96. The molecule has 0 bridgehead atoms. The molecule has 1 amide bonds. The lowest BCUT2D eigenvalue weighted by molar-refractivity contribution is -0.131. The number of nitrogens with zero attached hydrogens (tertiary/aromatic N) is 1.